The predicted molar refractivity (Wildman–Crippen MR) is 121 cm³/mol. The second kappa shape index (κ2) is 8.71. The van der Waals surface area contributed by atoms with Crippen molar-refractivity contribution < 1.29 is 18.4 Å². The number of hydrogen-bond acceptors (Lipinski definition) is 7. The van der Waals surface area contributed by atoms with Crippen LogP contribution in [0, 0.1) is 5.82 Å². The number of likely N-dealkylation sites (tertiary alicyclic amines) is 1. The van der Waals surface area contributed by atoms with Gasteiger partial charge in [0.15, 0.2) is 23.1 Å². The Morgan fingerprint density at radius 3 is 2.56 bits per heavy atom. The molecule has 2 fully saturated rings. The van der Waals surface area contributed by atoms with Crippen LogP contribution in [-0.2, 0) is 0 Å². The summed E-state index contributed by atoms with van der Waals surface area (Å²) in [4.78, 5) is 22.2. The van der Waals surface area contributed by atoms with Gasteiger partial charge >= 0.3 is 0 Å². The molecule has 4 rings (SSSR count). The van der Waals surface area contributed by atoms with Crippen LogP contribution in [0.2, 0.25) is 0 Å². The largest absolute Gasteiger partial charge is 0.494 e. The lowest BCUT2D eigenvalue weighted by molar-refractivity contribution is -0.0157. The first-order valence-corrected chi connectivity index (χ1v) is 11.0. The highest BCUT2D eigenvalue weighted by molar-refractivity contribution is 6.04. The summed E-state index contributed by atoms with van der Waals surface area (Å²) in [6.07, 6.45) is 1.84. The lowest BCUT2D eigenvalue weighted by Crippen LogP contribution is -2.64. The smallest absolute Gasteiger partial charge is 0.261 e. The molecule has 0 radical (unpaired) electrons. The molecule has 0 bridgehead atoms. The van der Waals surface area contributed by atoms with E-state index in [-0.39, 0.29) is 17.2 Å². The number of halogens is 1. The van der Waals surface area contributed by atoms with E-state index < -0.39 is 5.82 Å². The topological polar surface area (TPSA) is 65.3 Å². The van der Waals surface area contributed by atoms with Crippen LogP contribution in [0.1, 0.15) is 23.2 Å². The molecule has 0 saturated carbocycles. The molecule has 0 aliphatic carbocycles. The number of piperidine rings is 1. The van der Waals surface area contributed by atoms with Gasteiger partial charge in [-0.05, 0) is 45.1 Å². The zero-order chi connectivity index (χ0) is 23.0. The third-order valence-corrected chi connectivity index (χ3v) is 6.90. The van der Waals surface area contributed by atoms with Crippen LogP contribution >= 0.6 is 0 Å². The van der Waals surface area contributed by atoms with E-state index in [1.807, 2.05) is 19.0 Å². The first-order valence-electron chi connectivity index (χ1n) is 11.0. The molecule has 32 heavy (non-hydrogen) atoms. The Balaban J connectivity index is 1.62. The number of hydrogen-bond donors (Lipinski definition) is 0. The Labute approximate surface area is 188 Å². The lowest BCUT2D eigenvalue weighted by Gasteiger charge is -2.52. The standard InChI is InChI=1S/C23H32FN5O3/c1-26(2)21-19(20(32-25-21)16-6-7-17(24)18(14-16)31-5)22(30)29-10-8-23(9-11-29)15-27(3)12-13-28(23)4/h6-7,14H,8-13,15H2,1-5H3. The molecular formula is C23H32FN5O3. The number of anilines is 1. The number of carbonyl (C=O) groups is 1. The van der Waals surface area contributed by atoms with Gasteiger partial charge in [0.25, 0.3) is 5.91 Å². The molecule has 1 aromatic carbocycles. The Hall–Kier alpha value is -2.65. The van der Waals surface area contributed by atoms with E-state index in [4.69, 9.17) is 9.26 Å². The summed E-state index contributed by atoms with van der Waals surface area (Å²) in [5.41, 5.74) is 1.05. The first kappa shape index (κ1) is 22.5. The van der Waals surface area contributed by atoms with E-state index in [1.165, 1.54) is 19.2 Å². The van der Waals surface area contributed by atoms with Gasteiger partial charge in [-0.25, -0.2) is 4.39 Å². The molecule has 9 heteroatoms. The van der Waals surface area contributed by atoms with E-state index in [2.05, 4.69) is 29.1 Å². The highest BCUT2D eigenvalue weighted by Gasteiger charge is 2.43. The molecular weight excluding hydrogens is 413 g/mol. The van der Waals surface area contributed by atoms with Crippen molar-refractivity contribution in [3.63, 3.8) is 0 Å². The molecule has 2 saturated heterocycles. The van der Waals surface area contributed by atoms with E-state index in [0.717, 1.165) is 32.5 Å². The summed E-state index contributed by atoms with van der Waals surface area (Å²) >= 11 is 0. The molecule has 2 aromatic rings. The van der Waals surface area contributed by atoms with Gasteiger partial charge in [-0.1, -0.05) is 5.16 Å². The average Bonchev–Trinajstić information content (AvgIpc) is 3.22. The van der Waals surface area contributed by atoms with Crippen LogP contribution in [-0.4, -0.2) is 99.3 Å². The second-order valence-electron chi connectivity index (χ2n) is 9.13. The number of ether oxygens (including phenoxy) is 1. The SMILES string of the molecule is COc1cc(-c2onc(N(C)C)c2C(=O)N2CCC3(CC2)CN(C)CCN3C)ccc1F. The van der Waals surface area contributed by atoms with Crippen LogP contribution < -0.4 is 9.64 Å². The fourth-order valence-electron chi connectivity index (χ4n) is 4.86. The van der Waals surface area contributed by atoms with Gasteiger partial charge in [-0.15, -0.1) is 0 Å². The average molecular weight is 446 g/mol. The number of aromatic nitrogens is 1. The van der Waals surface area contributed by atoms with Gasteiger partial charge in [-0.3, -0.25) is 9.69 Å². The number of rotatable bonds is 4. The van der Waals surface area contributed by atoms with E-state index in [1.54, 1.807) is 11.0 Å². The van der Waals surface area contributed by atoms with Crippen molar-refractivity contribution in [3.8, 4) is 17.1 Å². The summed E-state index contributed by atoms with van der Waals surface area (Å²) in [6, 6.07) is 4.41. The number of nitrogens with zero attached hydrogens (tertiary/aromatic N) is 5. The zero-order valence-corrected chi connectivity index (χ0v) is 19.5. The minimum atomic E-state index is -0.473. The van der Waals surface area contributed by atoms with Crippen molar-refractivity contribution in [3.05, 3.63) is 29.6 Å². The van der Waals surface area contributed by atoms with E-state index in [0.29, 0.717) is 35.8 Å². The van der Waals surface area contributed by atoms with Crippen molar-refractivity contribution in [1.82, 2.24) is 19.9 Å². The highest BCUT2D eigenvalue weighted by Crippen LogP contribution is 2.36. The maximum Gasteiger partial charge on any atom is 0.261 e. The van der Waals surface area contributed by atoms with Crippen LogP contribution in [0.4, 0.5) is 10.2 Å². The number of benzene rings is 1. The molecule has 3 heterocycles. The van der Waals surface area contributed by atoms with Gasteiger partial charge in [0, 0.05) is 57.9 Å². The van der Waals surface area contributed by atoms with Crippen molar-refractivity contribution >= 4 is 11.7 Å². The molecule has 2 aliphatic rings. The van der Waals surface area contributed by atoms with Crippen LogP contribution in [0.25, 0.3) is 11.3 Å². The number of piperazine rings is 1. The van der Waals surface area contributed by atoms with Gasteiger partial charge in [0.1, 0.15) is 5.56 Å². The molecule has 1 spiro atoms. The Morgan fingerprint density at radius 2 is 1.91 bits per heavy atom. The minimum Gasteiger partial charge on any atom is -0.494 e. The van der Waals surface area contributed by atoms with Crippen LogP contribution in [0.3, 0.4) is 0 Å². The third-order valence-electron chi connectivity index (χ3n) is 6.90. The summed E-state index contributed by atoms with van der Waals surface area (Å²) in [5, 5.41) is 4.15. The Morgan fingerprint density at radius 1 is 1.19 bits per heavy atom. The van der Waals surface area contributed by atoms with Crippen molar-refractivity contribution in [2.24, 2.45) is 0 Å². The van der Waals surface area contributed by atoms with E-state index >= 15 is 0 Å². The van der Waals surface area contributed by atoms with Gasteiger partial charge in [-0.2, -0.15) is 0 Å². The predicted octanol–water partition coefficient (Wildman–Crippen LogP) is 2.41. The van der Waals surface area contributed by atoms with Gasteiger partial charge in [0.2, 0.25) is 0 Å². The van der Waals surface area contributed by atoms with E-state index in [9.17, 15) is 9.18 Å². The molecule has 174 valence electrons. The molecule has 2 aliphatic heterocycles. The minimum absolute atomic E-state index is 0.0908. The Kier molecular flexibility index (Phi) is 6.13. The molecule has 0 atom stereocenters. The highest BCUT2D eigenvalue weighted by atomic mass is 19.1. The fraction of sp³-hybridized carbons (Fsp3) is 0.565. The first-order chi connectivity index (χ1) is 15.3. The Bertz CT molecular complexity index is 984. The molecule has 1 aromatic heterocycles. The van der Waals surface area contributed by atoms with Crippen molar-refractivity contribution in [2.75, 3.05) is 72.9 Å². The third kappa shape index (κ3) is 3.95. The molecule has 1 amide bonds. The zero-order valence-electron chi connectivity index (χ0n) is 19.5. The number of carbonyl (C=O) groups excluding carboxylic acids is 1. The molecule has 8 nitrogen and oxygen atoms in total. The van der Waals surface area contributed by atoms with Crippen LogP contribution in [0.15, 0.2) is 22.7 Å². The van der Waals surface area contributed by atoms with Crippen LogP contribution in [0.5, 0.6) is 5.75 Å². The summed E-state index contributed by atoms with van der Waals surface area (Å²) in [6.45, 7) is 4.46. The number of methoxy groups -OCH3 is 1. The van der Waals surface area contributed by atoms with Crippen molar-refractivity contribution in [1.29, 1.82) is 0 Å². The maximum absolute atomic E-state index is 13.9. The summed E-state index contributed by atoms with van der Waals surface area (Å²) < 4.78 is 24.7. The summed E-state index contributed by atoms with van der Waals surface area (Å²) in [5.74, 6) is 0.289. The number of amides is 1. The monoisotopic (exact) mass is 445 g/mol. The maximum atomic E-state index is 13.9. The van der Waals surface area contributed by atoms with Gasteiger partial charge in [0.05, 0.1) is 7.11 Å². The quantitative estimate of drug-likeness (QED) is 0.716. The number of likely N-dealkylation sites (N-methyl/N-ethyl adjacent to an activating group) is 2. The molecule has 0 unspecified atom stereocenters. The lowest BCUT2D eigenvalue weighted by atomic mass is 9.83. The second-order valence-corrected chi connectivity index (χ2v) is 9.13. The van der Waals surface area contributed by atoms with Gasteiger partial charge < -0.3 is 24.0 Å². The molecule has 0 N–H and O–H groups in total. The van der Waals surface area contributed by atoms with Crippen molar-refractivity contribution in [2.45, 2.75) is 18.4 Å². The summed E-state index contributed by atoms with van der Waals surface area (Å²) in [7, 11) is 9.40. The fourth-order valence-corrected chi connectivity index (χ4v) is 4.86. The normalized spacial score (nSPS) is 19.4.